The molecule has 1 aromatic carbocycles. The molecule has 102 valence electrons. The van der Waals surface area contributed by atoms with Crippen LogP contribution in [0.3, 0.4) is 0 Å². The van der Waals surface area contributed by atoms with E-state index in [-0.39, 0.29) is 6.54 Å². The zero-order valence-corrected chi connectivity index (χ0v) is 11.1. The van der Waals surface area contributed by atoms with Gasteiger partial charge in [-0.2, -0.15) is 0 Å². The zero-order chi connectivity index (χ0) is 13.8. The summed E-state index contributed by atoms with van der Waals surface area (Å²) in [6.45, 7) is 3.34. The minimum absolute atomic E-state index is 0.141. The van der Waals surface area contributed by atoms with Crippen LogP contribution in [0.1, 0.15) is 6.92 Å². The van der Waals surface area contributed by atoms with Crippen molar-refractivity contribution in [3.63, 3.8) is 0 Å². The van der Waals surface area contributed by atoms with Crippen LogP contribution < -0.4 is 4.72 Å². The maximum atomic E-state index is 13.3. The molecule has 0 heterocycles. The van der Waals surface area contributed by atoms with Crippen LogP contribution in [0.2, 0.25) is 0 Å². The van der Waals surface area contributed by atoms with Crippen LogP contribution in [0.15, 0.2) is 23.1 Å². The standard InChI is InChI=1S/C11H16F2N2O2S/c1-3-15(2)7-6-14-18(16,17)11-8-9(12)4-5-10(11)13/h4-5,8,14H,3,6-7H2,1-2H3. The van der Waals surface area contributed by atoms with Gasteiger partial charge in [0.1, 0.15) is 16.5 Å². The highest BCUT2D eigenvalue weighted by Gasteiger charge is 2.19. The maximum Gasteiger partial charge on any atom is 0.243 e. The molecule has 0 saturated heterocycles. The Bertz CT molecular complexity index is 506. The molecule has 0 radical (unpaired) electrons. The molecule has 4 nitrogen and oxygen atoms in total. The first-order valence-corrected chi connectivity index (χ1v) is 6.98. The Morgan fingerprint density at radius 1 is 1.33 bits per heavy atom. The molecule has 0 bridgehead atoms. The molecule has 1 rings (SSSR count). The molecule has 0 spiro atoms. The fraction of sp³-hybridized carbons (Fsp3) is 0.455. The Hall–Kier alpha value is -1.05. The van der Waals surface area contributed by atoms with E-state index in [1.165, 1.54) is 0 Å². The Morgan fingerprint density at radius 3 is 2.61 bits per heavy atom. The zero-order valence-electron chi connectivity index (χ0n) is 10.3. The molecule has 0 aliphatic carbocycles. The second-order valence-electron chi connectivity index (χ2n) is 3.87. The van der Waals surface area contributed by atoms with Gasteiger partial charge in [0.2, 0.25) is 10.0 Å². The van der Waals surface area contributed by atoms with Crippen LogP contribution in [-0.2, 0) is 10.0 Å². The molecule has 1 aromatic rings. The van der Waals surface area contributed by atoms with Crippen LogP contribution in [0.5, 0.6) is 0 Å². The normalized spacial score (nSPS) is 12.1. The molecule has 0 aliphatic rings. The topological polar surface area (TPSA) is 49.4 Å². The molecule has 0 atom stereocenters. The van der Waals surface area contributed by atoms with E-state index in [4.69, 9.17) is 0 Å². The smallest absolute Gasteiger partial charge is 0.243 e. The number of hydrogen-bond acceptors (Lipinski definition) is 3. The van der Waals surface area contributed by atoms with Crippen molar-refractivity contribution in [2.45, 2.75) is 11.8 Å². The van der Waals surface area contributed by atoms with Crippen molar-refractivity contribution in [2.24, 2.45) is 0 Å². The van der Waals surface area contributed by atoms with Gasteiger partial charge in [0.25, 0.3) is 0 Å². The lowest BCUT2D eigenvalue weighted by Gasteiger charge is -2.14. The van der Waals surface area contributed by atoms with Crippen molar-refractivity contribution >= 4 is 10.0 Å². The van der Waals surface area contributed by atoms with E-state index >= 15 is 0 Å². The summed E-state index contributed by atoms with van der Waals surface area (Å²) in [4.78, 5) is 1.23. The van der Waals surface area contributed by atoms with Crippen molar-refractivity contribution < 1.29 is 17.2 Å². The summed E-state index contributed by atoms with van der Waals surface area (Å²) < 4.78 is 51.9. The van der Waals surface area contributed by atoms with Crippen LogP contribution >= 0.6 is 0 Å². The Morgan fingerprint density at radius 2 is 2.00 bits per heavy atom. The van der Waals surface area contributed by atoms with Gasteiger partial charge in [0.15, 0.2) is 0 Å². The molecular formula is C11H16F2N2O2S. The lowest BCUT2D eigenvalue weighted by molar-refractivity contribution is 0.357. The monoisotopic (exact) mass is 278 g/mol. The van der Waals surface area contributed by atoms with E-state index in [1.54, 1.807) is 0 Å². The average Bonchev–Trinajstić information content (AvgIpc) is 2.31. The molecule has 0 unspecified atom stereocenters. The summed E-state index contributed by atoms with van der Waals surface area (Å²) >= 11 is 0. The fourth-order valence-corrected chi connectivity index (χ4v) is 2.40. The van der Waals surface area contributed by atoms with Gasteiger partial charge in [-0.25, -0.2) is 21.9 Å². The Labute approximate surface area is 106 Å². The minimum atomic E-state index is -4.01. The summed E-state index contributed by atoms with van der Waals surface area (Å²) in [5.74, 6) is -1.75. The van der Waals surface area contributed by atoms with Crippen molar-refractivity contribution in [1.82, 2.24) is 9.62 Å². The lowest BCUT2D eigenvalue weighted by atomic mass is 10.3. The van der Waals surface area contributed by atoms with Gasteiger partial charge in [-0.15, -0.1) is 0 Å². The van der Waals surface area contributed by atoms with Crippen molar-refractivity contribution in [2.75, 3.05) is 26.7 Å². The van der Waals surface area contributed by atoms with Crippen molar-refractivity contribution in [3.8, 4) is 0 Å². The number of hydrogen-bond donors (Lipinski definition) is 1. The number of nitrogens with zero attached hydrogens (tertiary/aromatic N) is 1. The van der Waals surface area contributed by atoms with Crippen LogP contribution in [0.4, 0.5) is 8.78 Å². The van der Waals surface area contributed by atoms with Crippen molar-refractivity contribution in [3.05, 3.63) is 29.8 Å². The molecule has 0 aromatic heterocycles. The molecule has 0 fully saturated rings. The number of benzene rings is 1. The van der Waals surface area contributed by atoms with E-state index < -0.39 is 26.6 Å². The van der Waals surface area contributed by atoms with Crippen LogP contribution in [0, 0.1) is 11.6 Å². The van der Waals surface area contributed by atoms with E-state index in [0.717, 1.165) is 18.7 Å². The molecule has 0 aliphatic heterocycles. The molecule has 7 heteroatoms. The number of halogens is 2. The van der Waals surface area contributed by atoms with Gasteiger partial charge in [-0.05, 0) is 31.8 Å². The highest BCUT2D eigenvalue weighted by atomic mass is 32.2. The van der Waals surface area contributed by atoms with E-state index in [9.17, 15) is 17.2 Å². The van der Waals surface area contributed by atoms with Gasteiger partial charge >= 0.3 is 0 Å². The highest BCUT2D eigenvalue weighted by Crippen LogP contribution is 2.15. The first-order valence-electron chi connectivity index (χ1n) is 5.50. The number of rotatable bonds is 6. The molecule has 0 saturated carbocycles. The summed E-state index contributed by atoms with van der Waals surface area (Å²) in [7, 11) is -2.18. The SMILES string of the molecule is CCN(C)CCNS(=O)(=O)c1cc(F)ccc1F. The van der Waals surface area contributed by atoms with Crippen molar-refractivity contribution in [1.29, 1.82) is 0 Å². The number of likely N-dealkylation sites (N-methyl/N-ethyl adjacent to an activating group) is 1. The fourth-order valence-electron chi connectivity index (χ4n) is 1.29. The van der Waals surface area contributed by atoms with Gasteiger partial charge < -0.3 is 4.90 Å². The Balaban J connectivity index is 2.77. The van der Waals surface area contributed by atoms with Gasteiger partial charge in [-0.3, -0.25) is 0 Å². The molecular weight excluding hydrogens is 262 g/mol. The highest BCUT2D eigenvalue weighted by molar-refractivity contribution is 7.89. The Kier molecular flexibility index (Phi) is 5.18. The number of nitrogens with one attached hydrogen (secondary N) is 1. The van der Waals surface area contributed by atoms with E-state index in [2.05, 4.69) is 4.72 Å². The largest absolute Gasteiger partial charge is 0.305 e. The third-order valence-electron chi connectivity index (χ3n) is 2.51. The molecule has 18 heavy (non-hydrogen) atoms. The van der Waals surface area contributed by atoms with Gasteiger partial charge in [-0.1, -0.05) is 6.92 Å². The van der Waals surface area contributed by atoms with Crippen LogP contribution in [0.25, 0.3) is 0 Å². The maximum absolute atomic E-state index is 13.3. The van der Waals surface area contributed by atoms with Crippen LogP contribution in [-0.4, -0.2) is 40.0 Å². The first-order chi connectivity index (χ1) is 8.36. The predicted octanol–water partition coefficient (Wildman–Crippen LogP) is 1.19. The third kappa shape index (κ3) is 4.01. The summed E-state index contributed by atoms with van der Waals surface area (Å²) in [5.41, 5.74) is 0. The van der Waals surface area contributed by atoms with Gasteiger partial charge in [0.05, 0.1) is 0 Å². The summed E-state index contributed by atoms with van der Waals surface area (Å²) in [6, 6.07) is 2.34. The number of sulfonamides is 1. The van der Waals surface area contributed by atoms with E-state index in [1.807, 2.05) is 18.9 Å². The lowest BCUT2D eigenvalue weighted by Crippen LogP contribution is -2.33. The second-order valence-corrected chi connectivity index (χ2v) is 5.60. The third-order valence-corrected chi connectivity index (χ3v) is 3.98. The quantitative estimate of drug-likeness (QED) is 0.850. The minimum Gasteiger partial charge on any atom is -0.305 e. The molecule has 1 N–H and O–H groups in total. The molecule has 0 amide bonds. The van der Waals surface area contributed by atoms with E-state index in [0.29, 0.717) is 12.6 Å². The first kappa shape index (κ1) is 15.0. The second kappa shape index (κ2) is 6.21. The summed E-state index contributed by atoms with van der Waals surface area (Å²) in [6.07, 6.45) is 0. The average molecular weight is 278 g/mol. The summed E-state index contributed by atoms with van der Waals surface area (Å²) in [5, 5.41) is 0. The van der Waals surface area contributed by atoms with Gasteiger partial charge in [0, 0.05) is 13.1 Å². The predicted molar refractivity (Wildman–Crippen MR) is 64.7 cm³/mol.